The molecule has 0 fully saturated rings. The lowest BCUT2D eigenvalue weighted by Crippen LogP contribution is -2.32. The highest BCUT2D eigenvalue weighted by atomic mass is 16.3. The quantitative estimate of drug-likeness (QED) is 0.134. The first-order valence-electron chi connectivity index (χ1n) is 33.1. The third-order valence-electron chi connectivity index (χ3n) is 15.6. The molecule has 0 amide bonds. The number of pyridine rings is 6. The molecule has 0 unspecified atom stereocenters. The molecule has 9 nitrogen and oxygen atoms in total. The Labute approximate surface area is 493 Å². The summed E-state index contributed by atoms with van der Waals surface area (Å²) >= 11 is 0. The van der Waals surface area contributed by atoms with Crippen LogP contribution in [-0.4, -0.2) is 15.0 Å². The highest BCUT2D eigenvalue weighted by Crippen LogP contribution is 2.41. The van der Waals surface area contributed by atoms with Gasteiger partial charge >= 0.3 is 0 Å². The standard InChI is InChI=1S/3C24H27N2O/c3*1-7-17-13-26(6)21(12-20(17)14(2)3)22-15(4)8-10-18-19-11-9-16(5)25-24(19)27-23(18)22/h3*8-14H,7H2,1-6H3/q3*+1/i1D3,7D2,14D;7D2,14D;7D2. The van der Waals surface area contributed by atoms with Crippen molar-refractivity contribution in [2.75, 3.05) is 0 Å². The Morgan fingerprint density at radius 1 is 0.432 bits per heavy atom. The topological polar surface area (TPSA) is 89.7 Å². The molecule has 0 N–H and O–H groups in total. The number of hydrogen-bond acceptors (Lipinski definition) is 6. The Bertz CT molecular complexity index is 4920. The number of nitrogens with zero attached hydrogens (tertiary/aromatic N) is 6. The maximum atomic E-state index is 8.66. The van der Waals surface area contributed by atoms with Crippen LogP contribution in [0.2, 0.25) is 0 Å². The van der Waals surface area contributed by atoms with Crippen molar-refractivity contribution in [2.45, 2.75) is 141 Å². The van der Waals surface area contributed by atoms with E-state index in [4.69, 9.17) is 28.3 Å². The van der Waals surface area contributed by atoms with Gasteiger partial charge in [-0.2, -0.15) is 0 Å². The molecule has 0 aliphatic carbocycles. The largest absolute Gasteiger partial charge is 0.437 e. The van der Waals surface area contributed by atoms with E-state index in [1.54, 1.807) is 52.3 Å². The lowest BCUT2D eigenvalue weighted by atomic mass is 9.93. The van der Waals surface area contributed by atoms with Gasteiger partial charge in [-0.3, -0.25) is 0 Å². The van der Waals surface area contributed by atoms with Crippen LogP contribution in [0, 0.1) is 41.5 Å². The molecule has 0 spiro atoms. The zero-order valence-corrected chi connectivity index (χ0v) is 49.9. The van der Waals surface area contributed by atoms with Crippen molar-refractivity contribution in [3.05, 3.63) is 177 Å². The van der Waals surface area contributed by atoms with Crippen molar-refractivity contribution in [3.8, 4) is 33.8 Å². The second-order valence-corrected chi connectivity index (χ2v) is 22.2. The molecule has 9 heteroatoms. The summed E-state index contributed by atoms with van der Waals surface area (Å²) in [5.74, 6) is -1.97. The van der Waals surface area contributed by atoms with E-state index in [2.05, 4.69) is 72.1 Å². The number of furan rings is 3. The Kier molecular flexibility index (Phi) is 12.1. The molecule has 12 aromatic rings. The molecule has 0 saturated carbocycles. The zero-order valence-electron chi connectivity index (χ0n) is 60.9. The van der Waals surface area contributed by atoms with Gasteiger partial charge in [0.2, 0.25) is 34.2 Å². The maximum Gasteiger partial charge on any atom is 0.227 e. The molecule has 9 aromatic heterocycles. The molecule has 414 valence electrons. The number of aromatic nitrogens is 6. The van der Waals surface area contributed by atoms with Gasteiger partial charge in [-0.15, -0.1) is 0 Å². The van der Waals surface area contributed by atoms with E-state index in [0.29, 0.717) is 45.1 Å². The smallest absolute Gasteiger partial charge is 0.227 e. The molecule has 9 heterocycles. The van der Waals surface area contributed by atoms with E-state index < -0.39 is 37.8 Å². The number of fused-ring (bicyclic) bond motifs is 9. The first-order valence-corrected chi connectivity index (χ1v) is 27.6. The monoisotopic (exact) mass is 1090 g/mol. The second kappa shape index (κ2) is 22.5. The molecule has 81 heavy (non-hydrogen) atoms. The van der Waals surface area contributed by atoms with Gasteiger partial charge in [0.05, 0.1) is 16.7 Å². The lowest BCUT2D eigenvalue weighted by Gasteiger charge is -2.13. The SMILES string of the molecule is [2H]C(C)(C)c1cc(-c2c(C)ccc3c2oc2nc(C)ccc23)[n+](C)cc1C([2H])([2H])C([2H])([2H])[2H].[2H]C([2H])(C)c1c[n+](C)c(-c2c(C)ccc3c2oc2nc(C)ccc23)cc1C(C)C.[2H]C([2H])(C)c1c[n+](C)c(-c2c(C)ccc3c2oc2nc(C)ccc23)cc1C([2H])(C)C. The predicted octanol–water partition coefficient (Wildman–Crippen LogP) is 17.3. The van der Waals surface area contributed by atoms with Crippen molar-refractivity contribution in [1.82, 2.24) is 15.0 Å². The highest BCUT2D eigenvalue weighted by Gasteiger charge is 2.27. The maximum absolute atomic E-state index is 8.66. The third kappa shape index (κ3) is 10.4. The van der Waals surface area contributed by atoms with E-state index in [-0.39, 0.29) is 11.5 Å². The lowest BCUT2D eigenvalue weighted by molar-refractivity contribution is -0.661. The summed E-state index contributed by atoms with van der Waals surface area (Å²) in [6.07, 6.45) is -0.336. The van der Waals surface area contributed by atoms with Crippen LogP contribution in [0.3, 0.4) is 0 Å². The second-order valence-electron chi connectivity index (χ2n) is 22.2. The van der Waals surface area contributed by atoms with Crippen molar-refractivity contribution in [2.24, 2.45) is 21.1 Å². The van der Waals surface area contributed by atoms with Gasteiger partial charge in [0, 0.05) is 99.4 Å². The Hall–Kier alpha value is -8.04. The third-order valence-corrected chi connectivity index (χ3v) is 15.6. The van der Waals surface area contributed by atoms with Crippen LogP contribution in [0.25, 0.3) is 100.0 Å². The number of benzene rings is 3. The summed E-state index contributed by atoms with van der Waals surface area (Å²) in [5, 5.41) is 5.85. The minimum Gasteiger partial charge on any atom is -0.437 e. The fraction of sp³-hybridized carbons (Fsp3) is 0.333. The molecular weight excluding hydrogens is 997 g/mol. The van der Waals surface area contributed by atoms with Crippen molar-refractivity contribution in [3.63, 3.8) is 0 Å². The van der Waals surface area contributed by atoms with Crippen molar-refractivity contribution < 1.29 is 42.0 Å². The fourth-order valence-electron chi connectivity index (χ4n) is 11.2. The first-order chi connectivity index (χ1) is 42.6. The molecule has 0 aliphatic heterocycles. The average Bonchev–Trinajstić information content (AvgIpc) is 1.32. The van der Waals surface area contributed by atoms with Crippen molar-refractivity contribution >= 4 is 66.2 Å². The molecule has 12 rings (SSSR count). The van der Waals surface area contributed by atoms with Gasteiger partial charge in [0.1, 0.15) is 21.1 Å². The summed E-state index contributed by atoms with van der Waals surface area (Å²) in [5.41, 5.74) is 18.5. The summed E-state index contributed by atoms with van der Waals surface area (Å²) in [6, 6.07) is 30.1. The van der Waals surface area contributed by atoms with E-state index in [1.165, 1.54) is 13.1 Å². The summed E-state index contributed by atoms with van der Waals surface area (Å²) < 4.78 is 115. The molecular formula is C72H81N6O3+3. The molecule has 0 radical (unpaired) electrons. The predicted molar refractivity (Wildman–Crippen MR) is 333 cm³/mol. The first kappa shape index (κ1) is 43.7. The van der Waals surface area contributed by atoms with E-state index in [0.717, 1.165) is 116 Å². The average molecular weight is 1090 g/mol. The highest BCUT2D eigenvalue weighted by molar-refractivity contribution is 6.11. The van der Waals surface area contributed by atoms with E-state index in [1.807, 2.05) is 119 Å². The van der Waals surface area contributed by atoms with Gasteiger partial charge in [-0.1, -0.05) is 98.6 Å². The minimum absolute atomic E-state index is 0.0134. The molecule has 0 atom stereocenters. The Morgan fingerprint density at radius 2 is 0.728 bits per heavy atom. The van der Waals surface area contributed by atoms with Gasteiger partial charge in [0.25, 0.3) is 0 Å². The summed E-state index contributed by atoms with van der Waals surface area (Å²) in [4.78, 5) is 13.6. The van der Waals surface area contributed by atoms with Crippen LogP contribution in [-0.2, 0) is 40.3 Å². The van der Waals surface area contributed by atoms with E-state index in [9.17, 15) is 0 Å². The van der Waals surface area contributed by atoms with Crippen LogP contribution >= 0.6 is 0 Å². The fourth-order valence-corrected chi connectivity index (χ4v) is 11.2. The molecule has 0 saturated heterocycles. The summed E-state index contributed by atoms with van der Waals surface area (Å²) in [6.45, 7) is 23.2. The van der Waals surface area contributed by atoms with Crippen LogP contribution in [0.4, 0.5) is 0 Å². The Morgan fingerprint density at radius 3 is 1.02 bits per heavy atom. The minimum atomic E-state index is -2.88. The summed E-state index contributed by atoms with van der Waals surface area (Å²) in [7, 11) is 5.63. The van der Waals surface area contributed by atoms with Crippen LogP contribution in [0.1, 0.15) is 162 Å². The number of rotatable bonds is 9. The van der Waals surface area contributed by atoms with Gasteiger partial charge in [-0.25, -0.2) is 28.7 Å². The van der Waals surface area contributed by atoms with Crippen LogP contribution in [0.5, 0.6) is 0 Å². The van der Waals surface area contributed by atoms with Crippen LogP contribution in [0.15, 0.2) is 123 Å². The number of aryl methyl sites for hydroxylation is 12. The molecule has 0 bridgehead atoms. The van der Waals surface area contributed by atoms with Gasteiger partial charge in [0.15, 0.2) is 35.3 Å². The zero-order chi connectivity index (χ0) is 67.6. The molecule has 3 aromatic carbocycles. The van der Waals surface area contributed by atoms with Crippen molar-refractivity contribution in [1.29, 1.82) is 0 Å². The molecule has 0 aliphatic rings. The normalized spacial score (nSPS) is 14.8. The van der Waals surface area contributed by atoms with E-state index >= 15 is 0 Å². The van der Waals surface area contributed by atoms with Gasteiger partial charge < -0.3 is 13.3 Å². The number of hydrogen-bond donors (Lipinski definition) is 0. The van der Waals surface area contributed by atoms with Gasteiger partial charge in [-0.05, 0) is 148 Å². The van der Waals surface area contributed by atoms with Crippen LogP contribution < -0.4 is 13.7 Å². The Balaban J connectivity index is 0.000000152.